The van der Waals surface area contributed by atoms with Crippen LogP contribution in [0, 0.1) is 0 Å². The van der Waals surface area contributed by atoms with Crippen LogP contribution in [-0.2, 0) is 22.0 Å². The molecule has 34 heavy (non-hydrogen) atoms. The quantitative estimate of drug-likeness (QED) is 0.132. The molecule has 0 saturated carbocycles. The Labute approximate surface area is 210 Å². The highest BCUT2D eigenvalue weighted by molar-refractivity contribution is 7.85. The van der Waals surface area contributed by atoms with E-state index >= 15 is 0 Å². The Hall–Kier alpha value is -0.910. The Morgan fingerprint density at radius 2 is 1.18 bits per heavy atom. The summed E-state index contributed by atoms with van der Waals surface area (Å²) in [5.41, 5.74) is 1.80. The smallest absolute Gasteiger partial charge is 0.294 e. The molecule has 1 aromatic rings. The highest BCUT2D eigenvalue weighted by Crippen LogP contribution is 2.32. The van der Waals surface area contributed by atoms with Crippen LogP contribution < -0.4 is 0 Å². The molecule has 5 heteroatoms. The number of unbranched alkanes of at least 4 members (excludes halogenated alkanes) is 15. The molecular weight excluding hydrogens is 444 g/mol. The Kier molecular flexibility index (Phi) is 16.0. The monoisotopic (exact) mass is 496 g/mol. The van der Waals surface area contributed by atoms with Crippen LogP contribution in [0.15, 0.2) is 23.1 Å². The summed E-state index contributed by atoms with van der Waals surface area (Å²) in [6.07, 6.45) is 22.6. The average molecular weight is 497 g/mol. The molecule has 0 fully saturated rings. The maximum atomic E-state index is 11.6. The van der Waals surface area contributed by atoms with Crippen molar-refractivity contribution in [1.82, 2.24) is 0 Å². The molecular formula is C29H52O4S. The van der Waals surface area contributed by atoms with Gasteiger partial charge in [-0.1, -0.05) is 123 Å². The minimum absolute atomic E-state index is 0.0393. The zero-order valence-corrected chi connectivity index (χ0v) is 23.1. The summed E-state index contributed by atoms with van der Waals surface area (Å²) in [5.74, 6) is 0. The Bertz CT molecular complexity index is 755. The second-order valence-corrected chi connectivity index (χ2v) is 12.1. The van der Waals surface area contributed by atoms with E-state index in [2.05, 4.69) is 20.8 Å². The van der Waals surface area contributed by atoms with Crippen molar-refractivity contribution >= 4 is 10.1 Å². The Morgan fingerprint density at radius 3 is 1.59 bits per heavy atom. The SMILES string of the molecule is CCCCCCCCCCCCCCCCCCc1cc(S(=O)(=O)O)ccc1C(C)(C)CCO. The fraction of sp³-hybridized carbons (Fsp3) is 0.793. The van der Waals surface area contributed by atoms with E-state index in [1.54, 1.807) is 12.1 Å². The Balaban J connectivity index is 2.25. The van der Waals surface area contributed by atoms with Gasteiger partial charge in [0.1, 0.15) is 0 Å². The predicted octanol–water partition coefficient (Wildman–Crippen LogP) is 8.40. The van der Waals surface area contributed by atoms with Crippen LogP contribution in [-0.4, -0.2) is 24.7 Å². The molecule has 0 aromatic heterocycles. The second-order valence-electron chi connectivity index (χ2n) is 10.7. The van der Waals surface area contributed by atoms with Gasteiger partial charge in [-0.2, -0.15) is 8.42 Å². The van der Waals surface area contributed by atoms with Crippen LogP contribution in [0.4, 0.5) is 0 Å². The van der Waals surface area contributed by atoms with Gasteiger partial charge in [-0.15, -0.1) is 0 Å². The molecule has 0 heterocycles. The van der Waals surface area contributed by atoms with Crippen molar-refractivity contribution in [3.8, 4) is 0 Å². The Morgan fingerprint density at radius 1 is 0.735 bits per heavy atom. The molecule has 0 radical (unpaired) electrons. The second kappa shape index (κ2) is 17.5. The standard InChI is InChI=1S/C29H52O4S/c1-4-5-6-7-8-9-10-11-12-13-14-15-16-17-18-19-20-26-25-27(34(31,32)33)21-22-28(26)29(2,3)23-24-30/h21-22,25,30H,4-20,23-24H2,1-3H3,(H,31,32,33). The van der Waals surface area contributed by atoms with Gasteiger partial charge in [0.05, 0.1) is 4.90 Å². The van der Waals surface area contributed by atoms with Crippen LogP contribution in [0.2, 0.25) is 0 Å². The van der Waals surface area contributed by atoms with Crippen LogP contribution in [0.3, 0.4) is 0 Å². The molecule has 198 valence electrons. The highest BCUT2D eigenvalue weighted by Gasteiger charge is 2.24. The van der Waals surface area contributed by atoms with Gasteiger partial charge < -0.3 is 5.11 Å². The number of rotatable bonds is 21. The first kappa shape index (κ1) is 31.1. The topological polar surface area (TPSA) is 74.6 Å². The number of aliphatic hydroxyl groups excluding tert-OH is 1. The molecule has 0 aliphatic heterocycles. The normalized spacial score (nSPS) is 12.4. The zero-order chi connectivity index (χ0) is 25.3. The van der Waals surface area contributed by atoms with E-state index < -0.39 is 10.1 Å². The van der Waals surface area contributed by atoms with Crippen molar-refractivity contribution in [3.63, 3.8) is 0 Å². The third-order valence-corrected chi connectivity index (χ3v) is 7.99. The zero-order valence-electron chi connectivity index (χ0n) is 22.3. The molecule has 0 bridgehead atoms. The molecule has 0 unspecified atom stereocenters. The number of aryl methyl sites for hydroxylation is 1. The molecule has 0 aliphatic carbocycles. The summed E-state index contributed by atoms with van der Waals surface area (Å²) in [7, 11) is -4.21. The lowest BCUT2D eigenvalue weighted by Crippen LogP contribution is -2.21. The first-order chi connectivity index (χ1) is 16.2. The van der Waals surface area contributed by atoms with Gasteiger partial charge in [0, 0.05) is 6.61 Å². The van der Waals surface area contributed by atoms with E-state index in [0.29, 0.717) is 6.42 Å². The van der Waals surface area contributed by atoms with Gasteiger partial charge in [0.15, 0.2) is 0 Å². The van der Waals surface area contributed by atoms with Gasteiger partial charge in [-0.05, 0) is 47.9 Å². The van der Waals surface area contributed by atoms with Crippen LogP contribution in [0.5, 0.6) is 0 Å². The van der Waals surface area contributed by atoms with Crippen molar-refractivity contribution in [3.05, 3.63) is 29.3 Å². The lowest BCUT2D eigenvalue weighted by Gasteiger charge is -2.27. The lowest BCUT2D eigenvalue weighted by molar-refractivity contribution is 0.251. The van der Waals surface area contributed by atoms with Crippen LogP contribution in [0.25, 0.3) is 0 Å². The number of hydrogen-bond donors (Lipinski definition) is 2. The maximum absolute atomic E-state index is 11.6. The summed E-state index contributed by atoms with van der Waals surface area (Å²) in [4.78, 5) is -0.0393. The molecule has 0 saturated heterocycles. The van der Waals surface area contributed by atoms with Crippen molar-refractivity contribution in [1.29, 1.82) is 0 Å². The predicted molar refractivity (Wildman–Crippen MR) is 144 cm³/mol. The first-order valence-corrected chi connectivity index (χ1v) is 15.4. The molecule has 0 spiro atoms. The molecule has 1 aromatic carbocycles. The van der Waals surface area contributed by atoms with Gasteiger partial charge in [0.2, 0.25) is 0 Å². The van der Waals surface area contributed by atoms with E-state index in [1.807, 2.05) is 0 Å². The summed E-state index contributed by atoms with van der Waals surface area (Å²) >= 11 is 0. The summed E-state index contributed by atoms with van der Waals surface area (Å²) in [6, 6.07) is 4.90. The lowest BCUT2D eigenvalue weighted by atomic mass is 9.78. The number of benzene rings is 1. The molecule has 0 amide bonds. The first-order valence-electron chi connectivity index (χ1n) is 13.9. The summed E-state index contributed by atoms with van der Waals surface area (Å²) in [5, 5.41) is 9.43. The van der Waals surface area contributed by atoms with Crippen LogP contribution in [0.1, 0.15) is 141 Å². The maximum Gasteiger partial charge on any atom is 0.294 e. The molecule has 0 atom stereocenters. The van der Waals surface area contributed by atoms with E-state index in [1.165, 1.54) is 96.0 Å². The van der Waals surface area contributed by atoms with Gasteiger partial charge in [-0.25, -0.2) is 0 Å². The van der Waals surface area contributed by atoms with Gasteiger partial charge >= 0.3 is 0 Å². The molecule has 4 nitrogen and oxygen atoms in total. The molecule has 1 rings (SSSR count). The third kappa shape index (κ3) is 13.3. The van der Waals surface area contributed by atoms with Crippen molar-refractivity contribution in [2.45, 2.75) is 147 Å². The average Bonchev–Trinajstić information content (AvgIpc) is 2.78. The molecule has 2 N–H and O–H groups in total. The van der Waals surface area contributed by atoms with E-state index in [-0.39, 0.29) is 16.9 Å². The minimum atomic E-state index is -4.21. The highest BCUT2D eigenvalue weighted by atomic mass is 32.2. The largest absolute Gasteiger partial charge is 0.396 e. The third-order valence-electron chi connectivity index (χ3n) is 7.14. The minimum Gasteiger partial charge on any atom is -0.396 e. The number of aliphatic hydroxyl groups is 1. The van der Waals surface area contributed by atoms with E-state index in [0.717, 1.165) is 30.4 Å². The number of hydrogen-bond acceptors (Lipinski definition) is 3. The molecule has 0 aliphatic rings. The van der Waals surface area contributed by atoms with E-state index in [9.17, 15) is 18.1 Å². The fourth-order valence-electron chi connectivity index (χ4n) is 4.88. The fourth-order valence-corrected chi connectivity index (χ4v) is 5.41. The summed E-state index contributed by atoms with van der Waals surface area (Å²) < 4.78 is 32.7. The van der Waals surface area contributed by atoms with E-state index in [4.69, 9.17) is 0 Å². The van der Waals surface area contributed by atoms with Gasteiger partial charge in [-0.3, -0.25) is 4.55 Å². The van der Waals surface area contributed by atoms with Crippen molar-refractivity contribution in [2.75, 3.05) is 6.61 Å². The summed E-state index contributed by atoms with van der Waals surface area (Å²) in [6.45, 7) is 6.50. The van der Waals surface area contributed by atoms with Crippen molar-refractivity contribution < 1.29 is 18.1 Å². The van der Waals surface area contributed by atoms with Gasteiger partial charge in [0.25, 0.3) is 10.1 Å². The van der Waals surface area contributed by atoms with Crippen molar-refractivity contribution in [2.24, 2.45) is 0 Å². The van der Waals surface area contributed by atoms with Crippen LogP contribution >= 0.6 is 0 Å².